The lowest BCUT2D eigenvalue weighted by Gasteiger charge is -2.38. The van der Waals surface area contributed by atoms with Crippen molar-refractivity contribution in [2.45, 2.75) is 38.7 Å². The SMILES string of the molecule is Cc1ccc(OCc2ccc(C(=O)NCC3(c4ccc5c(c4)OCO5)CCOCC3)o2)c(C)c1. The molecule has 7 nitrogen and oxygen atoms in total. The van der Waals surface area contributed by atoms with Crippen molar-refractivity contribution in [3.05, 3.63) is 76.7 Å². The fourth-order valence-corrected chi connectivity index (χ4v) is 4.58. The Kier molecular flexibility index (Phi) is 6.20. The first-order valence-corrected chi connectivity index (χ1v) is 11.6. The number of carbonyl (C=O) groups is 1. The quantitative estimate of drug-likeness (QED) is 0.548. The molecule has 34 heavy (non-hydrogen) atoms. The Morgan fingerprint density at radius 2 is 1.82 bits per heavy atom. The number of nitrogens with one attached hydrogen (secondary N) is 1. The number of carbonyl (C=O) groups excluding carboxylic acids is 1. The maximum Gasteiger partial charge on any atom is 0.287 e. The van der Waals surface area contributed by atoms with E-state index in [1.54, 1.807) is 12.1 Å². The van der Waals surface area contributed by atoms with Crippen LogP contribution in [0.5, 0.6) is 17.2 Å². The number of rotatable bonds is 7. The Balaban J connectivity index is 1.24. The molecule has 0 saturated carbocycles. The Hall–Kier alpha value is -3.45. The van der Waals surface area contributed by atoms with Gasteiger partial charge >= 0.3 is 0 Å². The van der Waals surface area contributed by atoms with E-state index >= 15 is 0 Å². The zero-order chi connectivity index (χ0) is 23.5. The van der Waals surface area contributed by atoms with Gasteiger partial charge in [0.05, 0.1) is 0 Å². The number of hydrogen-bond donors (Lipinski definition) is 1. The van der Waals surface area contributed by atoms with E-state index < -0.39 is 0 Å². The molecule has 0 spiro atoms. The molecule has 0 aliphatic carbocycles. The molecule has 178 valence electrons. The molecule has 3 aromatic rings. The Morgan fingerprint density at radius 3 is 2.65 bits per heavy atom. The fraction of sp³-hybridized carbons (Fsp3) is 0.370. The largest absolute Gasteiger partial charge is 0.485 e. The fourth-order valence-electron chi connectivity index (χ4n) is 4.58. The molecule has 3 heterocycles. The first kappa shape index (κ1) is 22.3. The van der Waals surface area contributed by atoms with Crippen molar-refractivity contribution in [1.29, 1.82) is 0 Å². The molecular weight excluding hydrogens is 434 g/mol. The third kappa shape index (κ3) is 4.61. The van der Waals surface area contributed by atoms with Crippen LogP contribution < -0.4 is 19.5 Å². The monoisotopic (exact) mass is 463 g/mol. The van der Waals surface area contributed by atoms with Crippen molar-refractivity contribution in [3.63, 3.8) is 0 Å². The topological polar surface area (TPSA) is 79.2 Å². The van der Waals surface area contributed by atoms with Gasteiger partial charge in [-0.15, -0.1) is 0 Å². The minimum atomic E-state index is -0.246. The lowest BCUT2D eigenvalue weighted by atomic mass is 9.74. The van der Waals surface area contributed by atoms with Crippen LogP contribution in [-0.4, -0.2) is 32.5 Å². The molecule has 2 aromatic carbocycles. The van der Waals surface area contributed by atoms with Gasteiger partial charge in [0.1, 0.15) is 18.1 Å². The maximum atomic E-state index is 12.9. The zero-order valence-electron chi connectivity index (χ0n) is 19.5. The summed E-state index contributed by atoms with van der Waals surface area (Å²) in [5, 5.41) is 3.08. The minimum Gasteiger partial charge on any atom is -0.485 e. The van der Waals surface area contributed by atoms with Crippen LogP contribution in [0.2, 0.25) is 0 Å². The van der Waals surface area contributed by atoms with Gasteiger partial charge in [0, 0.05) is 25.2 Å². The van der Waals surface area contributed by atoms with E-state index in [1.807, 2.05) is 38.1 Å². The van der Waals surface area contributed by atoms with Gasteiger partial charge < -0.3 is 28.7 Å². The van der Waals surface area contributed by atoms with Crippen molar-refractivity contribution >= 4 is 5.91 Å². The van der Waals surface area contributed by atoms with Crippen molar-refractivity contribution in [1.82, 2.24) is 5.32 Å². The Labute approximate surface area is 199 Å². The minimum absolute atomic E-state index is 0.236. The first-order valence-electron chi connectivity index (χ1n) is 11.6. The van der Waals surface area contributed by atoms with E-state index in [-0.39, 0.29) is 30.5 Å². The van der Waals surface area contributed by atoms with E-state index in [9.17, 15) is 4.79 Å². The molecule has 0 atom stereocenters. The molecule has 0 bridgehead atoms. The zero-order valence-corrected chi connectivity index (χ0v) is 19.5. The van der Waals surface area contributed by atoms with Crippen LogP contribution in [0.3, 0.4) is 0 Å². The number of fused-ring (bicyclic) bond motifs is 1. The molecule has 2 aliphatic heterocycles. The molecule has 2 aliphatic rings. The second-order valence-electron chi connectivity index (χ2n) is 8.97. The van der Waals surface area contributed by atoms with Gasteiger partial charge in [0.2, 0.25) is 6.79 Å². The number of ether oxygens (including phenoxy) is 4. The summed E-state index contributed by atoms with van der Waals surface area (Å²) in [5.41, 5.74) is 3.12. The Bertz CT molecular complexity index is 1180. The van der Waals surface area contributed by atoms with Gasteiger partial charge in [0.25, 0.3) is 5.91 Å². The summed E-state index contributed by atoms with van der Waals surface area (Å²) in [6, 6.07) is 15.5. The third-order valence-electron chi connectivity index (χ3n) is 6.61. The lowest BCUT2D eigenvalue weighted by Crippen LogP contribution is -2.44. The highest BCUT2D eigenvalue weighted by atomic mass is 16.7. The summed E-state index contributed by atoms with van der Waals surface area (Å²) in [6.07, 6.45) is 1.61. The van der Waals surface area contributed by atoms with Gasteiger partial charge in [-0.25, -0.2) is 0 Å². The summed E-state index contributed by atoms with van der Waals surface area (Å²) in [4.78, 5) is 12.9. The van der Waals surface area contributed by atoms with Crippen LogP contribution >= 0.6 is 0 Å². The van der Waals surface area contributed by atoms with E-state index in [2.05, 4.69) is 17.4 Å². The highest BCUT2D eigenvalue weighted by Gasteiger charge is 2.36. The van der Waals surface area contributed by atoms with Crippen LogP contribution in [0.25, 0.3) is 0 Å². The highest BCUT2D eigenvalue weighted by molar-refractivity contribution is 5.91. The Morgan fingerprint density at radius 1 is 1.00 bits per heavy atom. The number of furan rings is 1. The predicted molar refractivity (Wildman–Crippen MR) is 126 cm³/mol. The van der Waals surface area contributed by atoms with E-state index in [0.717, 1.165) is 41.2 Å². The van der Waals surface area contributed by atoms with Crippen molar-refractivity contribution in [2.24, 2.45) is 0 Å². The molecule has 5 rings (SSSR count). The summed E-state index contributed by atoms with van der Waals surface area (Å²) >= 11 is 0. The molecule has 1 amide bonds. The van der Waals surface area contributed by atoms with Crippen molar-refractivity contribution in [2.75, 3.05) is 26.6 Å². The van der Waals surface area contributed by atoms with E-state index in [4.69, 9.17) is 23.4 Å². The molecule has 0 radical (unpaired) electrons. The first-order chi connectivity index (χ1) is 16.5. The number of benzene rings is 2. The normalized spacial score (nSPS) is 16.3. The van der Waals surface area contributed by atoms with Gasteiger partial charge in [0.15, 0.2) is 17.3 Å². The molecule has 1 aromatic heterocycles. The van der Waals surface area contributed by atoms with E-state index in [1.165, 1.54) is 5.56 Å². The summed E-state index contributed by atoms with van der Waals surface area (Å²) in [6.45, 7) is 6.32. The predicted octanol–water partition coefficient (Wildman–Crippen LogP) is 4.68. The number of amides is 1. The molecule has 0 unspecified atom stereocenters. The average Bonchev–Trinajstić information content (AvgIpc) is 3.52. The average molecular weight is 464 g/mol. The third-order valence-corrected chi connectivity index (χ3v) is 6.61. The van der Waals surface area contributed by atoms with Crippen LogP contribution in [-0.2, 0) is 16.8 Å². The highest BCUT2D eigenvalue weighted by Crippen LogP contribution is 2.40. The standard InChI is InChI=1S/C27H29NO6/c1-18-3-6-22(19(2)13-18)31-15-21-5-8-24(34-21)26(29)28-16-27(9-11-30-12-10-27)20-4-7-23-25(14-20)33-17-32-23/h3-8,13-14H,9-12,15-17H2,1-2H3,(H,28,29). The molecule has 1 saturated heterocycles. The van der Waals surface area contributed by atoms with Crippen LogP contribution in [0.1, 0.15) is 45.8 Å². The van der Waals surface area contributed by atoms with Crippen molar-refractivity contribution in [3.8, 4) is 17.2 Å². The second kappa shape index (κ2) is 9.43. The maximum absolute atomic E-state index is 12.9. The molecular formula is C27H29NO6. The van der Waals surface area contributed by atoms with Gasteiger partial charge in [-0.3, -0.25) is 4.79 Å². The van der Waals surface area contributed by atoms with Crippen LogP contribution in [0, 0.1) is 13.8 Å². The summed E-state index contributed by atoms with van der Waals surface area (Å²) in [7, 11) is 0. The second-order valence-corrected chi connectivity index (χ2v) is 8.97. The summed E-state index contributed by atoms with van der Waals surface area (Å²) < 4.78 is 28.3. The smallest absolute Gasteiger partial charge is 0.287 e. The van der Waals surface area contributed by atoms with Crippen LogP contribution in [0.15, 0.2) is 52.9 Å². The lowest BCUT2D eigenvalue weighted by molar-refractivity contribution is 0.0483. The number of aryl methyl sites for hydroxylation is 2. The van der Waals surface area contributed by atoms with Crippen LogP contribution in [0.4, 0.5) is 0 Å². The molecule has 1 N–H and O–H groups in total. The van der Waals surface area contributed by atoms with Gasteiger partial charge in [-0.1, -0.05) is 23.8 Å². The molecule has 1 fully saturated rings. The van der Waals surface area contributed by atoms with Crippen molar-refractivity contribution < 1.29 is 28.2 Å². The summed E-state index contributed by atoms with van der Waals surface area (Å²) in [5.74, 6) is 2.92. The number of hydrogen-bond acceptors (Lipinski definition) is 6. The van der Waals surface area contributed by atoms with Gasteiger partial charge in [-0.05, 0) is 68.1 Å². The molecule has 7 heteroatoms. The van der Waals surface area contributed by atoms with E-state index in [0.29, 0.717) is 25.5 Å². The van der Waals surface area contributed by atoms with Gasteiger partial charge in [-0.2, -0.15) is 0 Å².